The summed E-state index contributed by atoms with van der Waals surface area (Å²) in [5.41, 5.74) is 3.17. The van der Waals surface area contributed by atoms with Crippen LogP contribution in [0, 0.1) is 13.8 Å². The average Bonchev–Trinajstić information content (AvgIpc) is 3.12. The van der Waals surface area contributed by atoms with Gasteiger partial charge in [-0.25, -0.2) is 0 Å². The standard InChI is InChI=1S/C24H35N3O4/c1-17-21(18(2)31-25-17)9-11-24(28)27-13-6-7-20(16-27)26(3)14-12-19-8-10-22(29-4)23(15-19)30-5/h8,10,15,20H,6-7,9,11-14,16H2,1-5H3/t20-/m1/s1. The molecule has 1 fully saturated rings. The van der Waals surface area contributed by atoms with Crippen LogP contribution in [-0.2, 0) is 17.6 Å². The van der Waals surface area contributed by atoms with Crippen LogP contribution in [0.3, 0.4) is 0 Å². The Bertz CT molecular complexity index is 860. The number of hydrogen-bond acceptors (Lipinski definition) is 6. The van der Waals surface area contributed by atoms with Crippen LogP contribution in [0.25, 0.3) is 0 Å². The SMILES string of the molecule is COc1ccc(CCN(C)[C@@H]2CCCN(C(=O)CCc3c(C)noc3C)C2)cc1OC. The minimum Gasteiger partial charge on any atom is -0.493 e. The first-order valence-electron chi connectivity index (χ1n) is 11.0. The number of amides is 1. The van der Waals surface area contributed by atoms with Crippen LogP contribution >= 0.6 is 0 Å². The number of piperidine rings is 1. The number of carbonyl (C=O) groups excluding carboxylic acids is 1. The molecular formula is C24H35N3O4. The first-order chi connectivity index (χ1) is 14.9. The minimum absolute atomic E-state index is 0.220. The number of benzene rings is 1. The van der Waals surface area contributed by atoms with Crippen molar-refractivity contribution in [3.8, 4) is 11.5 Å². The molecule has 0 spiro atoms. The number of aromatic nitrogens is 1. The molecular weight excluding hydrogens is 394 g/mol. The van der Waals surface area contributed by atoms with Crippen LogP contribution < -0.4 is 9.47 Å². The predicted molar refractivity (Wildman–Crippen MR) is 120 cm³/mol. The summed E-state index contributed by atoms with van der Waals surface area (Å²) < 4.78 is 15.9. The Balaban J connectivity index is 1.50. The number of methoxy groups -OCH3 is 2. The van der Waals surface area contributed by atoms with Crippen molar-refractivity contribution in [2.24, 2.45) is 0 Å². The maximum absolute atomic E-state index is 12.8. The third-order valence-electron chi connectivity index (χ3n) is 6.34. The van der Waals surface area contributed by atoms with Gasteiger partial charge in [-0.3, -0.25) is 4.79 Å². The molecule has 1 aliphatic heterocycles. The van der Waals surface area contributed by atoms with Crippen molar-refractivity contribution < 1.29 is 18.8 Å². The molecule has 170 valence electrons. The largest absolute Gasteiger partial charge is 0.493 e. The molecule has 0 bridgehead atoms. The summed E-state index contributed by atoms with van der Waals surface area (Å²) in [5.74, 6) is 2.54. The topological polar surface area (TPSA) is 68.0 Å². The van der Waals surface area contributed by atoms with Gasteiger partial charge < -0.3 is 23.8 Å². The van der Waals surface area contributed by atoms with Gasteiger partial charge >= 0.3 is 0 Å². The maximum atomic E-state index is 12.8. The third kappa shape index (κ3) is 5.79. The first-order valence-corrected chi connectivity index (χ1v) is 11.0. The summed E-state index contributed by atoms with van der Waals surface area (Å²) in [6, 6.07) is 6.46. The van der Waals surface area contributed by atoms with Crippen LogP contribution in [-0.4, -0.2) is 67.8 Å². The second kappa shape index (κ2) is 10.7. The Morgan fingerprint density at radius 3 is 2.68 bits per heavy atom. The normalized spacial score (nSPS) is 16.6. The highest BCUT2D eigenvalue weighted by atomic mass is 16.5. The molecule has 2 heterocycles. The number of likely N-dealkylation sites (N-methyl/N-ethyl adjacent to an activating group) is 1. The molecule has 1 aromatic heterocycles. The molecule has 1 atom stereocenters. The van der Waals surface area contributed by atoms with Crippen molar-refractivity contribution in [3.05, 3.63) is 40.8 Å². The lowest BCUT2D eigenvalue weighted by molar-refractivity contribution is -0.133. The van der Waals surface area contributed by atoms with E-state index in [0.29, 0.717) is 18.9 Å². The summed E-state index contributed by atoms with van der Waals surface area (Å²) >= 11 is 0. The molecule has 0 N–H and O–H groups in total. The van der Waals surface area contributed by atoms with Crippen LogP contribution in [0.4, 0.5) is 0 Å². The Labute approximate surface area is 185 Å². The van der Waals surface area contributed by atoms with E-state index < -0.39 is 0 Å². The minimum atomic E-state index is 0.220. The molecule has 7 nitrogen and oxygen atoms in total. The van der Waals surface area contributed by atoms with E-state index in [0.717, 1.165) is 67.4 Å². The van der Waals surface area contributed by atoms with Crippen LogP contribution in [0.5, 0.6) is 11.5 Å². The van der Waals surface area contributed by atoms with E-state index in [-0.39, 0.29) is 5.91 Å². The molecule has 7 heteroatoms. The smallest absolute Gasteiger partial charge is 0.222 e. The van der Waals surface area contributed by atoms with Crippen LogP contribution in [0.1, 0.15) is 41.8 Å². The zero-order valence-corrected chi connectivity index (χ0v) is 19.4. The van der Waals surface area contributed by atoms with Gasteiger partial charge in [0.15, 0.2) is 11.5 Å². The molecule has 1 aliphatic rings. The summed E-state index contributed by atoms with van der Waals surface area (Å²) in [7, 11) is 5.46. The second-order valence-electron chi connectivity index (χ2n) is 8.36. The molecule has 0 saturated carbocycles. The van der Waals surface area contributed by atoms with E-state index in [1.165, 1.54) is 5.56 Å². The quantitative estimate of drug-likeness (QED) is 0.609. The molecule has 1 aromatic carbocycles. The molecule has 1 amide bonds. The van der Waals surface area contributed by atoms with Crippen molar-refractivity contribution in [1.82, 2.24) is 15.0 Å². The summed E-state index contributed by atoms with van der Waals surface area (Å²) in [6.45, 7) is 6.41. The zero-order valence-electron chi connectivity index (χ0n) is 19.4. The van der Waals surface area contributed by atoms with E-state index in [1.54, 1.807) is 14.2 Å². The van der Waals surface area contributed by atoms with E-state index in [2.05, 4.69) is 23.2 Å². The number of aryl methyl sites for hydroxylation is 2. The lowest BCUT2D eigenvalue weighted by Gasteiger charge is -2.38. The molecule has 0 radical (unpaired) electrons. The molecule has 31 heavy (non-hydrogen) atoms. The van der Waals surface area contributed by atoms with Crippen molar-refractivity contribution in [1.29, 1.82) is 0 Å². The number of carbonyl (C=O) groups is 1. The van der Waals surface area contributed by atoms with Gasteiger partial charge in [0.1, 0.15) is 5.76 Å². The Morgan fingerprint density at radius 2 is 2.00 bits per heavy atom. The summed E-state index contributed by atoms with van der Waals surface area (Å²) in [5, 5.41) is 3.99. The molecule has 0 unspecified atom stereocenters. The molecule has 3 rings (SSSR count). The van der Waals surface area contributed by atoms with E-state index in [1.807, 2.05) is 30.9 Å². The molecule has 0 aliphatic carbocycles. The van der Waals surface area contributed by atoms with Crippen molar-refractivity contribution in [3.63, 3.8) is 0 Å². The molecule has 2 aromatic rings. The summed E-state index contributed by atoms with van der Waals surface area (Å²) in [6.07, 6.45) is 4.28. The van der Waals surface area contributed by atoms with Gasteiger partial charge in [-0.2, -0.15) is 0 Å². The van der Waals surface area contributed by atoms with Crippen molar-refractivity contribution in [2.75, 3.05) is 40.9 Å². The van der Waals surface area contributed by atoms with Gasteiger partial charge in [0, 0.05) is 37.7 Å². The van der Waals surface area contributed by atoms with E-state index >= 15 is 0 Å². The number of rotatable bonds is 9. The van der Waals surface area contributed by atoms with Gasteiger partial charge in [0.25, 0.3) is 0 Å². The predicted octanol–water partition coefficient (Wildman–Crippen LogP) is 3.41. The highest BCUT2D eigenvalue weighted by Gasteiger charge is 2.26. The Kier molecular flexibility index (Phi) is 7.96. The zero-order chi connectivity index (χ0) is 22.4. The van der Waals surface area contributed by atoms with Gasteiger partial charge in [-0.15, -0.1) is 0 Å². The van der Waals surface area contributed by atoms with E-state index in [4.69, 9.17) is 14.0 Å². The summed E-state index contributed by atoms with van der Waals surface area (Å²) in [4.78, 5) is 17.2. The fraction of sp³-hybridized carbons (Fsp3) is 0.583. The lowest BCUT2D eigenvalue weighted by atomic mass is 10.0. The third-order valence-corrected chi connectivity index (χ3v) is 6.34. The number of nitrogens with zero attached hydrogens (tertiary/aromatic N) is 3. The fourth-order valence-corrected chi connectivity index (χ4v) is 4.31. The van der Waals surface area contributed by atoms with Crippen LogP contribution in [0.2, 0.25) is 0 Å². The highest BCUT2D eigenvalue weighted by Crippen LogP contribution is 2.28. The van der Waals surface area contributed by atoms with Gasteiger partial charge in [-0.1, -0.05) is 11.2 Å². The van der Waals surface area contributed by atoms with Gasteiger partial charge in [0.2, 0.25) is 5.91 Å². The Morgan fingerprint density at radius 1 is 1.23 bits per heavy atom. The highest BCUT2D eigenvalue weighted by molar-refractivity contribution is 5.76. The van der Waals surface area contributed by atoms with Gasteiger partial charge in [0.05, 0.1) is 19.9 Å². The second-order valence-corrected chi connectivity index (χ2v) is 8.36. The lowest BCUT2D eigenvalue weighted by Crippen LogP contribution is -2.49. The molecule has 1 saturated heterocycles. The number of hydrogen-bond donors (Lipinski definition) is 0. The first kappa shape index (κ1) is 23.1. The number of ether oxygens (including phenoxy) is 2. The average molecular weight is 430 g/mol. The van der Waals surface area contributed by atoms with Crippen molar-refractivity contribution >= 4 is 5.91 Å². The van der Waals surface area contributed by atoms with E-state index in [9.17, 15) is 4.79 Å². The maximum Gasteiger partial charge on any atom is 0.222 e. The Hall–Kier alpha value is -2.54. The number of likely N-dealkylation sites (tertiary alicyclic amines) is 1. The van der Waals surface area contributed by atoms with Crippen LogP contribution in [0.15, 0.2) is 22.7 Å². The van der Waals surface area contributed by atoms with Crippen molar-refractivity contribution in [2.45, 2.75) is 52.0 Å². The monoisotopic (exact) mass is 429 g/mol. The fourth-order valence-electron chi connectivity index (χ4n) is 4.31. The van der Waals surface area contributed by atoms with Gasteiger partial charge in [-0.05, 0) is 64.3 Å².